The maximum absolute atomic E-state index is 12.6. The Kier molecular flexibility index (Phi) is 11.0. The second kappa shape index (κ2) is 13.1. The molecule has 0 radical (unpaired) electrons. The fourth-order valence-corrected chi connectivity index (χ4v) is 2.75. The zero-order chi connectivity index (χ0) is 25.1. The molecule has 0 heterocycles. The Labute approximate surface area is 190 Å². The predicted molar refractivity (Wildman–Crippen MR) is 116 cm³/mol. The number of hydrogen-bond donors (Lipinski definition) is 7. The molecule has 8 N–H and O–H groups in total. The molecule has 1 aromatic rings. The molecule has 1 aromatic carbocycles. The summed E-state index contributed by atoms with van der Waals surface area (Å²) < 4.78 is 0. The van der Waals surface area contributed by atoms with E-state index in [0.717, 1.165) is 0 Å². The van der Waals surface area contributed by atoms with Crippen LogP contribution >= 0.6 is 0 Å². The van der Waals surface area contributed by atoms with Gasteiger partial charge in [0.15, 0.2) is 0 Å². The van der Waals surface area contributed by atoms with Gasteiger partial charge >= 0.3 is 11.9 Å². The number of nitrogens with one attached hydrogen (secondary N) is 3. The Morgan fingerprint density at radius 1 is 0.879 bits per heavy atom. The zero-order valence-electron chi connectivity index (χ0n) is 18.4. The van der Waals surface area contributed by atoms with E-state index in [-0.39, 0.29) is 12.8 Å². The van der Waals surface area contributed by atoms with Crippen LogP contribution < -0.4 is 21.7 Å². The first-order valence-corrected chi connectivity index (χ1v) is 10.3. The summed E-state index contributed by atoms with van der Waals surface area (Å²) >= 11 is 0. The summed E-state index contributed by atoms with van der Waals surface area (Å²) in [5.41, 5.74) is 6.22. The third kappa shape index (κ3) is 9.66. The van der Waals surface area contributed by atoms with Crippen molar-refractivity contribution >= 4 is 29.7 Å². The fraction of sp³-hybridized carbons (Fsp3) is 0.476. The van der Waals surface area contributed by atoms with Crippen LogP contribution in [0.4, 0.5) is 0 Å². The molecule has 0 aliphatic rings. The van der Waals surface area contributed by atoms with Crippen LogP contribution in [0.25, 0.3) is 0 Å². The minimum atomic E-state index is -1.35. The van der Waals surface area contributed by atoms with Crippen molar-refractivity contribution in [3.63, 3.8) is 0 Å². The maximum atomic E-state index is 12.6. The lowest BCUT2D eigenvalue weighted by Gasteiger charge is -2.24. The fourth-order valence-electron chi connectivity index (χ4n) is 2.75. The lowest BCUT2D eigenvalue weighted by molar-refractivity contribution is -0.142. The molecule has 3 amide bonds. The van der Waals surface area contributed by atoms with Gasteiger partial charge in [-0.3, -0.25) is 19.2 Å². The van der Waals surface area contributed by atoms with Crippen LogP contribution in [-0.4, -0.2) is 75.3 Å². The largest absolute Gasteiger partial charge is 0.481 e. The first-order valence-electron chi connectivity index (χ1n) is 10.3. The van der Waals surface area contributed by atoms with Crippen molar-refractivity contribution in [2.75, 3.05) is 0 Å². The topological polar surface area (TPSA) is 208 Å². The van der Waals surface area contributed by atoms with Crippen LogP contribution in [-0.2, 0) is 30.4 Å². The predicted octanol–water partition coefficient (Wildman–Crippen LogP) is -1.64. The maximum Gasteiger partial charge on any atom is 0.326 e. The van der Waals surface area contributed by atoms with Gasteiger partial charge in [0.1, 0.15) is 24.2 Å². The minimum absolute atomic E-state index is 0.0249. The number of aliphatic carboxylic acids is 2. The quantitative estimate of drug-likeness (QED) is 0.178. The van der Waals surface area contributed by atoms with E-state index in [9.17, 15) is 34.2 Å². The molecule has 12 heteroatoms. The van der Waals surface area contributed by atoms with Crippen molar-refractivity contribution in [1.29, 1.82) is 0 Å². The van der Waals surface area contributed by atoms with Crippen LogP contribution in [0.5, 0.6) is 0 Å². The van der Waals surface area contributed by atoms with Gasteiger partial charge in [-0.2, -0.15) is 0 Å². The number of aliphatic hydroxyl groups is 1. The van der Waals surface area contributed by atoms with Crippen LogP contribution in [0.3, 0.4) is 0 Å². The van der Waals surface area contributed by atoms with Crippen molar-refractivity contribution < 1.29 is 39.3 Å². The molecule has 12 nitrogen and oxygen atoms in total. The van der Waals surface area contributed by atoms with Crippen LogP contribution in [0.2, 0.25) is 0 Å². The molecule has 0 saturated heterocycles. The summed E-state index contributed by atoms with van der Waals surface area (Å²) in [4.78, 5) is 59.6. The number of nitrogens with two attached hydrogens (primary N) is 1. The first-order chi connectivity index (χ1) is 15.4. The molecular formula is C21H30N4O8. The summed E-state index contributed by atoms with van der Waals surface area (Å²) in [6, 6.07) is 3.52. The van der Waals surface area contributed by atoms with Gasteiger partial charge in [-0.1, -0.05) is 30.3 Å². The summed E-state index contributed by atoms with van der Waals surface area (Å²) in [6.07, 6.45) is -1.94. The highest BCUT2D eigenvalue weighted by atomic mass is 16.4. The Morgan fingerprint density at radius 3 is 1.97 bits per heavy atom. The molecule has 0 aliphatic carbocycles. The third-order valence-electron chi connectivity index (χ3n) is 4.75. The summed E-state index contributed by atoms with van der Waals surface area (Å²) in [6.45, 7) is 2.59. The van der Waals surface area contributed by atoms with Gasteiger partial charge in [0.25, 0.3) is 0 Å². The molecule has 5 unspecified atom stereocenters. The summed E-state index contributed by atoms with van der Waals surface area (Å²) in [5, 5.41) is 34.7. The normalized spacial score (nSPS) is 15.3. The number of carbonyl (C=O) groups is 5. The number of carboxylic acids is 2. The molecule has 1 rings (SSSR count). The smallest absolute Gasteiger partial charge is 0.326 e. The Bertz CT molecular complexity index is 846. The van der Waals surface area contributed by atoms with Gasteiger partial charge in [0, 0.05) is 12.8 Å². The van der Waals surface area contributed by atoms with E-state index in [1.807, 2.05) is 0 Å². The lowest BCUT2D eigenvalue weighted by atomic mass is 10.1. The standard InChI is InChI=1S/C21H30N4O8/c1-11(18(29)25-15(21(32)33)10-13-6-4-3-5-7-13)23-19(30)14(8-9-16(27)28)24-20(31)17(22)12(2)26/h3-7,11-12,14-15,17,26H,8-10,22H2,1-2H3,(H,23,30)(H,24,31)(H,25,29)(H,27,28)(H,32,33). The summed E-state index contributed by atoms with van der Waals surface area (Å²) in [7, 11) is 0. The van der Waals surface area contributed by atoms with Crippen molar-refractivity contribution in [3.8, 4) is 0 Å². The molecule has 0 aliphatic heterocycles. The van der Waals surface area contributed by atoms with Gasteiger partial charge in [-0.15, -0.1) is 0 Å². The molecule has 0 saturated carbocycles. The molecule has 0 fully saturated rings. The molecule has 0 aromatic heterocycles. The van der Waals surface area contributed by atoms with Gasteiger partial charge in [0.2, 0.25) is 17.7 Å². The average Bonchev–Trinajstić information content (AvgIpc) is 2.75. The second-order valence-electron chi connectivity index (χ2n) is 7.58. The Hall–Kier alpha value is -3.51. The van der Waals surface area contributed by atoms with Crippen molar-refractivity contribution in [1.82, 2.24) is 16.0 Å². The number of rotatable bonds is 13. The molecule has 0 bridgehead atoms. The second-order valence-corrected chi connectivity index (χ2v) is 7.58. The zero-order valence-corrected chi connectivity index (χ0v) is 18.4. The molecule has 5 atom stereocenters. The van der Waals surface area contributed by atoms with E-state index in [2.05, 4.69) is 16.0 Å². The van der Waals surface area contributed by atoms with E-state index in [1.165, 1.54) is 13.8 Å². The highest BCUT2D eigenvalue weighted by molar-refractivity contribution is 5.94. The lowest BCUT2D eigenvalue weighted by Crippen LogP contribution is -2.57. The van der Waals surface area contributed by atoms with Crippen molar-refractivity contribution in [3.05, 3.63) is 35.9 Å². The average molecular weight is 466 g/mol. The van der Waals surface area contributed by atoms with Gasteiger partial charge in [-0.25, -0.2) is 4.79 Å². The highest BCUT2D eigenvalue weighted by Crippen LogP contribution is 2.05. The van der Waals surface area contributed by atoms with E-state index in [1.54, 1.807) is 30.3 Å². The van der Waals surface area contributed by atoms with Crippen molar-refractivity contribution in [2.45, 2.75) is 63.4 Å². The number of amides is 3. The number of carboxylic acid groups (broad SMARTS) is 2. The van der Waals surface area contributed by atoms with Gasteiger partial charge in [-0.05, 0) is 25.8 Å². The monoisotopic (exact) mass is 466 g/mol. The van der Waals surface area contributed by atoms with E-state index in [4.69, 9.17) is 10.8 Å². The van der Waals surface area contributed by atoms with E-state index < -0.39 is 66.4 Å². The number of aliphatic hydroxyl groups excluding tert-OH is 1. The first kappa shape index (κ1) is 27.5. The highest BCUT2D eigenvalue weighted by Gasteiger charge is 2.29. The van der Waals surface area contributed by atoms with Crippen LogP contribution in [0.15, 0.2) is 30.3 Å². The number of carbonyl (C=O) groups excluding carboxylic acids is 3. The Balaban J connectivity index is 2.81. The SMILES string of the molecule is CC(NC(=O)C(CCC(=O)O)NC(=O)C(N)C(C)O)C(=O)NC(Cc1ccccc1)C(=O)O. The number of benzene rings is 1. The van der Waals surface area contributed by atoms with E-state index >= 15 is 0 Å². The molecule has 182 valence electrons. The van der Waals surface area contributed by atoms with Crippen LogP contribution in [0, 0.1) is 0 Å². The third-order valence-corrected chi connectivity index (χ3v) is 4.75. The minimum Gasteiger partial charge on any atom is -0.481 e. The van der Waals surface area contributed by atoms with Gasteiger partial charge < -0.3 is 37.0 Å². The van der Waals surface area contributed by atoms with Gasteiger partial charge in [0.05, 0.1) is 6.10 Å². The molecule has 33 heavy (non-hydrogen) atoms. The molecule has 0 spiro atoms. The Morgan fingerprint density at radius 2 is 1.45 bits per heavy atom. The molecular weight excluding hydrogens is 436 g/mol. The van der Waals surface area contributed by atoms with Crippen LogP contribution in [0.1, 0.15) is 32.3 Å². The van der Waals surface area contributed by atoms with E-state index in [0.29, 0.717) is 5.56 Å². The number of hydrogen-bond acceptors (Lipinski definition) is 7. The van der Waals surface area contributed by atoms with Crippen molar-refractivity contribution in [2.24, 2.45) is 5.73 Å². The summed E-state index contributed by atoms with van der Waals surface area (Å²) in [5.74, 6) is -4.99.